The largest absolute Gasteiger partial charge is 0.378 e. The SMILES string of the molecule is Cn1ncc2ccc(C3CCC(OCC4CN(c5ccccn5)CCC4NS(C)(=O)=O)CC3)cc21. The number of sulfonamides is 1. The Morgan fingerprint density at radius 3 is 2.69 bits per heavy atom. The molecule has 2 aromatic heterocycles. The van der Waals surface area contributed by atoms with E-state index in [1.807, 2.05) is 36.1 Å². The fraction of sp³-hybridized carbons (Fsp3) is 0.538. The van der Waals surface area contributed by atoms with Crippen LogP contribution in [-0.2, 0) is 21.8 Å². The molecule has 0 radical (unpaired) electrons. The lowest BCUT2D eigenvalue weighted by atomic mass is 9.82. The Bertz CT molecular complexity index is 1240. The molecule has 1 aromatic carbocycles. The third-order valence-electron chi connectivity index (χ3n) is 7.54. The molecule has 0 bridgehead atoms. The van der Waals surface area contributed by atoms with Crippen molar-refractivity contribution in [1.29, 1.82) is 0 Å². The van der Waals surface area contributed by atoms with Gasteiger partial charge in [0.05, 0.1) is 30.7 Å². The van der Waals surface area contributed by atoms with E-state index < -0.39 is 10.0 Å². The minimum absolute atomic E-state index is 0.0745. The van der Waals surface area contributed by atoms with Gasteiger partial charge in [0.25, 0.3) is 0 Å². The first-order valence-corrected chi connectivity index (χ1v) is 14.4. The summed E-state index contributed by atoms with van der Waals surface area (Å²) in [6.45, 7) is 2.05. The van der Waals surface area contributed by atoms with Crippen LogP contribution < -0.4 is 9.62 Å². The number of ether oxygens (including phenoxy) is 1. The fourth-order valence-electron chi connectivity index (χ4n) is 5.62. The van der Waals surface area contributed by atoms with Crippen LogP contribution >= 0.6 is 0 Å². The Morgan fingerprint density at radius 1 is 1.11 bits per heavy atom. The van der Waals surface area contributed by atoms with Gasteiger partial charge in [0.2, 0.25) is 10.0 Å². The minimum atomic E-state index is -3.28. The second-order valence-corrected chi connectivity index (χ2v) is 11.9. The lowest BCUT2D eigenvalue weighted by molar-refractivity contribution is -0.00213. The molecule has 2 unspecified atom stereocenters. The van der Waals surface area contributed by atoms with Crippen molar-refractivity contribution in [2.24, 2.45) is 13.0 Å². The van der Waals surface area contributed by atoms with Crippen molar-refractivity contribution < 1.29 is 13.2 Å². The number of benzene rings is 1. The molecule has 2 aliphatic rings. The van der Waals surface area contributed by atoms with Crippen molar-refractivity contribution in [3.05, 3.63) is 54.4 Å². The number of aryl methyl sites for hydroxylation is 1. The van der Waals surface area contributed by atoms with Crippen LogP contribution in [-0.4, -0.2) is 61.3 Å². The number of nitrogens with one attached hydrogen (secondary N) is 1. The van der Waals surface area contributed by atoms with E-state index in [2.05, 4.69) is 37.9 Å². The molecule has 3 heterocycles. The lowest BCUT2D eigenvalue weighted by Gasteiger charge is -2.40. The van der Waals surface area contributed by atoms with Gasteiger partial charge in [-0.1, -0.05) is 18.2 Å². The molecular weight excluding hydrogens is 462 g/mol. The van der Waals surface area contributed by atoms with Crippen molar-refractivity contribution in [3.8, 4) is 0 Å². The highest BCUT2D eigenvalue weighted by molar-refractivity contribution is 7.88. The van der Waals surface area contributed by atoms with Crippen molar-refractivity contribution in [2.45, 2.75) is 50.2 Å². The molecule has 1 saturated heterocycles. The van der Waals surface area contributed by atoms with Crippen LogP contribution in [0, 0.1) is 5.92 Å². The summed E-state index contributed by atoms with van der Waals surface area (Å²) >= 11 is 0. The summed E-state index contributed by atoms with van der Waals surface area (Å²) in [4.78, 5) is 6.72. The molecule has 1 N–H and O–H groups in total. The van der Waals surface area contributed by atoms with Gasteiger partial charge in [0.1, 0.15) is 5.82 Å². The van der Waals surface area contributed by atoms with Crippen LogP contribution in [0.1, 0.15) is 43.6 Å². The molecular formula is C26H35N5O3S. The highest BCUT2D eigenvalue weighted by Gasteiger charge is 2.33. The minimum Gasteiger partial charge on any atom is -0.378 e. The fourth-order valence-corrected chi connectivity index (χ4v) is 6.48. The van der Waals surface area contributed by atoms with Gasteiger partial charge in [0.15, 0.2) is 0 Å². The molecule has 5 rings (SSSR count). The van der Waals surface area contributed by atoms with Gasteiger partial charge in [-0.15, -0.1) is 0 Å². The Hall–Kier alpha value is -2.49. The lowest BCUT2D eigenvalue weighted by Crippen LogP contribution is -2.52. The van der Waals surface area contributed by atoms with Gasteiger partial charge in [-0.2, -0.15) is 5.10 Å². The molecule has 1 aliphatic carbocycles. The molecule has 188 valence electrons. The van der Waals surface area contributed by atoms with Gasteiger partial charge in [0, 0.05) is 43.7 Å². The number of fused-ring (bicyclic) bond motifs is 1. The monoisotopic (exact) mass is 497 g/mol. The van der Waals surface area contributed by atoms with E-state index in [-0.39, 0.29) is 18.1 Å². The molecule has 9 heteroatoms. The van der Waals surface area contributed by atoms with Crippen LogP contribution in [0.5, 0.6) is 0 Å². The summed E-state index contributed by atoms with van der Waals surface area (Å²) in [5, 5.41) is 5.54. The predicted octanol–water partition coefficient (Wildman–Crippen LogP) is 3.46. The summed E-state index contributed by atoms with van der Waals surface area (Å²) in [5.41, 5.74) is 2.57. The van der Waals surface area contributed by atoms with Crippen LogP contribution in [0.3, 0.4) is 0 Å². The molecule has 1 aliphatic heterocycles. The second kappa shape index (κ2) is 10.2. The summed E-state index contributed by atoms with van der Waals surface area (Å²) in [6.07, 6.45) is 10.1. The third-order valence-corrected chi connectivity index (χ3v) is 8.27. The first kappa shape index (κ1) is 24.2. The number of hydrogen-bond acceptors (Lipinski definition) is 6. The Morgan fingerprint density at radius 2 is 1.94 bits per heavy atom. The Labute approximate surface area is 207 Å². The molecule has 3 aromatic rings. The van der Waals surface area contributed by atoms with Gasteiger partial charge in [-0.25, -0.2) is 18.1 Å². The summed E-state index contributed by atoms with van der Waals surface area (Å²) in [5.74, 6) is 1.55. The van der Waals surface area contributed by atoms with Gasteiger partial charge < -0.3 is 9.64 Å². The normalized spacial score (nSPS) is 25.7. The standard InChI is InChI=1S/C26H35N5O3S/c1-30-25-15-20(6-7-21(25)16-28-30)19-8-10-23(11-9-19)34-18-22-17-31(26-5-3-4-13-27-26)14-12-24(22)29-35(2,32)33/h3-7,13,15-16,19,22-24,29H,8-12,14,17-18H2,1-2H3. The smallest absolute Gasteiger partial charge is 0.208 e. The number of rotatable bonds is 7. The molecule has 2 fully saturated rings. The van der Waals surface area contributed by atoms with E-state index in [9.17, 15) is 8.42 Å². The van der Waals surface area contributed by atoms with Crippen molar-refractivity contribution in [3.63, 3.8) is 0 Å². The number of pyridine rings is 1. The Balaban J connectivity index is 1.19. The number of nitrogens with zero attached hydrogens (tertiary/aromatic N) is 4. The third kappa shape index (κ3) is 5.85. The second-order valence-electron chi connectivity index (χ2n) is 10.1. The van der Waals surface area contributed by atoms with Crippen LogP contribution in [0.4, 0.5) is 5.82 Å². The maximum atomic E-state index is 12.0. The van der Waals surface area contributed by atoms with Gasteiger partial charge >= 0.3 is 0 Å². The van der Waals surface area contributed by atoms with Crippen LogP contribution in [0.2, 0.25) is 0 Å². The summed E-state index contributed by atoms with van der Waals surface area (Å²) in [7, 11) is -1.29. The number of aromatic nitrogens is 3. The van der Waals surface area contributed by atoms with Crippen LogP contribution in [0.25, 0.3) is 10.9 Å². The first-order valence-electron chi connectivity index (χ1n) is 12.5. The van der Waals surface area contributed by atoms with Crippen molar-refractivity contribution in [1.82, 2.24) is 19.5 Å². The van der Waals surface area contributed by atoms with Crippen molar-refractivity contribution >= 4 is 26.7 Å². The molecule has 35 heavy (non-hydrogen) atoms. The maximum Gasteiger partial charge on any atom is 0.208 e. The molecule has 2 atom stereocenters. The molecule has 8 nitrogen and oxygen atoms in total. The van der Waals surface area contributed by atoms with Crippen LogP contribution in [0.15, 0.2) is 48.8 Å². The van der Waals surface area contributed by atoms with E-state index in [1.54, 1.807) is 6.20 Å². The maximum absolute atomic E-state index is 12.0. The number of hydrogen-bond donors (Lipinski definition) is 1. The van der Waals surface area contributed by atoms with E-state index >= 15 is 0 Å². The first-order chi connectivity index (χ1) is 16.9. The van der Waals surface area contributed by atoms with E-state index in [0.29, 0.717) is 12.5 Å². The molecule has 0 amide bonds. The number of piperidine rings is 1. The van der Waals surface area contributed by atoms with E-state index in [4.69, 9.17) is 4.74 Å². The quantitative estimate of drug-likeness (QED) is 0.538. The van der Waals surface area contributed by atoms with E-state index in [0.717, 1.165) is 51.0 Å². The van der Waals surface area contributed by atoms with E-state index in [1.165, 1.54) is 22.7 Å². The van der Waals surface area contributed by atoms with Crippen molar-refractivity contribution in [2.75, 3.05) is 30.9 Å². The molecule has 1 saturated carbocycles. The average molecular weight is 498 g/mol. The predicted molar refractivity (Wildman–Crippen MR) is 138 cm³/mol. The zero-order valence-corrected chi connectivity index (χ0v) is 21.3. The zero-order valence-electron chi connectivity index (χ0n) is 20.5. The highest BCUT2D eigenvalue weighted by atomic mass is 32.2. The average Bonchev–Trinajstić information content (AvgIpc) is 3.23. The van der Waals surface area contributed by atoms with Gasteiger partial charge in [-0.05, 0) is 61.8 Å². The topological polar surface area (TPSA) is 89.3 Å². The Kier molecular flexibility index (Phi) is 7.09. The highest BCUT2D eigenvalue weighted by Crippen LogP contribution is 2.35. The summed E-state index contributed by atoms with van der Waals surface area (Å²) in [6, 6.07) is 12.5. The number of anilines is 1. The molecule has 0 spiro atoms. The van der Waals surface area contributed by atoms with Gasteiger partial charge in [-0.3, -0.25) is 4.68 Å². The zero-order chi connectivity index (χ0) is 24.4. The summed E-state index contributed by atoms with van der Waals surface area (Å²) < 4.78 is 35.2.